The van der Waals surface area contributed by atoms with Crippen molar-refractivity contribution in [2.45, 2.75) is 6.04 Å². The van der Waals surface area contributed by atoms with E-state index in [1.165, 1.54) is 6.07 Å². The number of rotatable bonds is 6. The molecule has 0 fully saturated rings. The summed E-state index contributed by atoms with van der Waals surface area (Å²) in [5.41, 5.74) is 1.82. The molecular weight excluding hydrogens is 290 g/mol. The second kappa shape index (κ2) is 7.11. The number of carboxylic acid groups (broad SMARTS) is 1. The van der Waals surface area contributed by atoms with E-state index in [0.29, 0.717) is 12.3 Å². The first-order chi connectivity index (χ1) is 10.1. The maximum Gasteiger partial charge on any atom is 0.337 e. The van der Waals surface area contributed by atoms with Crippen molar-refractivity contribution in [2.24, 2.45) is 0 Å². The van der Waals surface area contributed by atoms with Gasteiger partial charge in [-0.25, -0.2) is 4.79 Å². The molecule has 0 spiro atoms. The first-order valence-corrected chi connectivity index (χ1v) is 6.83. The quantitative estimate of drug-likeness (QED) is 0.851. The van der Waals surface area contributed by atoms with Crippen LogP contribution in [-0.2, 0) is 4.74 Å². The summed E-state index contributed by atoms with van der Waals surface area (Å²) in [6.07, 6.45) is 0. The average molecular weight is 306 g/mol. The molecular formula is C16H16ClNO3. The lowest BCUT2D eigenvalue weighted by molar-refractivity contribution is 0.0697. The Morgan fingerprint density at radius 1 is 1.29 bits per heavy atom. The molecule has 1 unspecified atom stereocenters. The Labute approximate surface area is 128 Å². The van der Waals surface area contributed by atoms with Gasteiger partial charge in [-0.2, -0.15) is 0 Å². The van der Waals surface area contributed by atoms with E-state index in [1.54, 1.807) is 19.2 Å². The molecule has 2 aromatic carbocycles. The van der Waals surface area contributed by atoms with Gasteiger partial charge in [-0.1, -0.05) is 41.9 Å². The number of carbonyl (C=O) groups is 1. The fraction of sp³-hybridized carbons (Fsp3) is 0.188. The zero-order valence-electron chi connectivity index (χ0n) is 11.5. The topological polar surface area (TPSA) is 58.6 Å². The van der Waals surface area contributed by atoms with Crippen molar-refractivity contribution in [2.75, 3.05) is 19.0 Å². The Morgan fingerprint density at radius 2 is 2.00 bits per heavy atom. The third kappa shape index (κ3) is 3.97. The monoisotopic (exact) mass is 305 g/mol. The second-order valence-corrected chi connectivity index (χ2v) is 4.97. The van der Waals surface area contributed by atoms with E-state index in [4.69, 9.17) is 21.4 Å². The van der Waals surface area contributed by atoms with E-state index in [2.05, 4.69) is 5.32 Å². The molecule has 0 bridgehead atoms. The van der Waals surface area contributed by atoms with Crippen molar-refractivity contribution in [3.8, 4) is 0 Å². The van der Waals surface area contributed by atoms with Gasteiger partial charge in [-0.05, 0) is 23.8 Å². The smallest absolute Gasteiger partial charge is 0.337 e. The molecule has 0 aliphatic heterocycles. The summed E-state index contributed by atoms with van der Waals surface area (Å²) >= 11 is 5.87. The van der Waals surface area contributed by atoms with E-state index in [9.17, 15) is 4.79 Å². The zero-order valence-corrected chi connectivity index (χ0v) is 12.3. The molecule has 0 radical (unpaired) electrons. The van der Waals surface area contributed by atoms with Gasteiger partial charge < -0.3 is 15.2 Å². The van der Waals surface area contributed by atoms with Crippen molar-refractivity contribution < 1.29 is 14.6 Å². The van der Waals surface area contributed by atoms with Gasteiger partial charge in [-0.15, -0.1) is 0 Å². The summed E-state index contributed by atoms with van der Waals surface area (Å²) in [5, 5.41) is 12.6. The van der Waals surface area contributed by atoms with Crippen LogP contribution in [0.15, 0.2) is 48.5 Å². The van der Waals surface area contributed by atoms with Crippen LogP contribution in [0.1, 0.15) is 22.0 Å². The van der Waals surface area contributed by atoms with Crippen LogP contribution in [0.3, 0.4) is 0 Å². The minimum Gasteiger partial charge on any atom is -0.478 e. The Kier molecular flexibility index (Phi) is 5.20. The highest BCUT2D eigenvalue weighted by Crippen LogP contribution is 2.24. The number of hydrogen-bond donors (Lipinski definition) is 2. The number of hydrogen-bond acceptors (Lipinski definition) is 3. The summed E-state index contributed by atoms with van der Waals surface area (Å²) in [7, 11) is 1.63. The van der Waals surface area contributed by atoms with E-state index >= 15 is 0 Å². The number of ether oxygens (including phenoxy) is 1. The molecule has 0 aromatic heterocycles. The van der Waals surface area contributed by atoms with Gasteiger partial charge in [0.15, 0.2) is 0 Å². The number of carboxylic acids is 1. The molecule has 2 rings (SSSR count). The van der Waals surface area contributed by atoms with Crippen molar-refractivity contribution in [3.05, 3.63) is 64.7 Å². The zero-order chi connectivity index (χ0) is 15.2. The molecule has 0 saturated carbocycles. The van der Waals surface area contributed by atoms with E-state index in [0.717, 1.165) is 5.56 Å². The third-order valence-corrected chi connectivity index (χ3v) is 3.40. The van der Waals surface area contributed by atoms with Crippen molar-refractivity contribution in [1.29, 1.82) is 0 Å². The van der Waals surface area contributed by atoms with Gasteiger partial charge in [0, 0.05) is 12.8 Å². The molecule has 21 heavy (non-hydrogen) atoms. The molecule has 4 nitrogen and oxygen atoms in total. The maximum atomic E-state index is 11.1. The van der Waals surface area contributed by atoms with Crippen molar-refractivity contribution in [3.63, 3.8) is 0 Å². The van der Waals surface area contributed by atoms with Gasteiger partial charge in [-0.3, -0.25) is 0 Å². The fourth-order valence-corrected chi connectivity index (χ4v) is 2.25. The Hall–Kier alpha value is -2.04. The van der Waals surface area contributed by atoms with Crippen LogP contribution in [0, 0.1) is 0 Å². The van der Waals surface area contributed by atoms with Crippen LogP contribution in [0.4, 0.5) is 5.69 Å². The van der Waals surface area contributed by atoms with Crippen LogP contribution < -0.4 is 5.32 Å². The van der Waals surface area contributed by atoms with E-state index < -0.39 is 5.97 Å². The first kappa shape index (κ1) is 15.4. The normalized spacial score (nSPS) is 11.9. The molecule has 0 aliphatic rings. The molecule has 110 valence electrons. The molecule has 2 aromatic rings. The van der Waals surface area contributed by atoms with Gasteiger partial charge in [0.1, 0.15) is 0 Å². The minimum absolute atomic E-state index is 0.0704. The minimum atomic E-state index is -1.05. The lowest BCUT2D eigenvalue weighted by atomic mass is 10.1. The van der Waals surface area contributed by atoms with Crippen molar-refractivity contribution >= 4 is 23.3 Å². The van der Waals surface area contributed by atoms with E-state index in [-0.39, 0.29) is 16.6 Å². The largest absolute Gasteiger partial charge is 0.478 e. The SMILES string of the molecule is COCC(Nc1ccc(Cl)c(C(=O)O)c1)c1ccccc1. The van der Waals surface area contributed by atoms with Crippen LogP contribution in [0.2, 0.25) is 5.02 Å². The van der Waals surface area contributed by atoms with Gasteiger partial charge in [0.25, 0.3) is 0 Å². The fourth-order valence-electron chi connectivity index (χ4n) is 2.05. The van der Waals surface area contributed by atoms with Gasteiger partial charge >= 0.3 is 5.97 Å². The summed E-state index contributed by atoms with van der Waals surface area (Å²) in [4.78, 5) is 11.1. The molecule has 2 N–H and O–H groups in total. The number of benzene rings is 2. The Balaban J connectivity index is 2.25. The third-order valence-electron chi connectivity index (χ3n) is 3.07. The lowest BCUT2D eigenvalue weighted by Gasteiger charge is -2.20. The summed E-state index contributed by atoms with van der Waals surface area (Å²) in [6.45, 7) is 0.467. The molecule has 0 saturated heterocycles. The predicted octanol–water partition coefficient (Wildman–Crippen LogP) is 3.84. The number of nitrogens with one attached hydrogen (secondary N) is 1. The lowest BCUT2D eigenvalue weighted by Crippen LogP contribution is -2.16. The number of anilines is 1. The molecule has 0 amide bonds. The molecule has 0 aliphatic carbocycles. The van der Waals surface area contributed by atoms with E-state index in [1.807, 2.05) is 30.3 Å². The maximum absolute atomic E-state index is 11.1. The number of methoxy groups -OCH3 is 1. The highest BCUT2D eigenvalue weighted by Gasteiger charge is 2.14. The molecule has 1 atom stereocenters. The number of halogens is 1. The van der Waals surface area contributed by atoms with Crippen LogP contribution in [0.25, 0.3) is 0 Å². The van der Waals surface area contributed by atoms with Crippen LogP contribution in [-0.4, -0.2) is 24.8 Å². The second-order valence-electron chi connectivity index (χ2n) is 4.56. The Bertz CT molecular complexity index is 616. The highest BCUT2D eigenvalue weighted by molar-refractivity contribution is 6.33. The predicted molar refractivity (Wildman–Crippen MR) is 83.1 cm³/mol. The summed E-state index contributed by atoms with van der Waals surface area (Å²) in [5.74, 6) is -1.05. The first-order valence-electron chi connectivity index (χ1n) is 6.45. The molecule has 5 heteroatoms. The molecule has 0 heterocycles. The summed E-state index contributed by atoms with van der Waals surface area (Å²) < 4.78 is 5.23. The van der Waals surface area contributed by atoms with Gasteiger partial charge in [0.2, 0.25) is 0 Å². The van der Waals surface area contributed by atoms with Crippen LogP contribution >= 0.6 is 11.6 Å². The van der Waals surface area contributed by atoms with Crippen molar-refractivity contribution in [1.82, 2.24) is 0 Å². The summed E-state index contributed by atoms with van der Waals surface area (Å²) in [6, 6.07) is 14.6. The van der Waals surface area contributed by atoms with Crippen LogP contribution in [0.5, 0.6) is 0 Å². The highest BCUT2D eigenvalue weighted by atomic mass is 35.5. The standard InChI is InChI=1S/C16H16ClNO3/c1-21-10-15(11-5-3-2-4-6-11)18-12-7-8-14(17)13(9-12)16(19)20/h2-9,15,18H,10H2,1H3,(H,19,20). The van der Waals surface area contributed by atoms with Gasteiger partial charge in [0.05, 0.1) is 23.2 Å². The number of aromatic carboxylic acids is 1. The average Bonchev–Trinajstić information content (AvgIpc) is 2.49. The Morgan fingerprint density at radius 3 is 2.62 bits per heavy atom.